The van der Waals surface area contributed by atoms with Gasteiger partial charge in [-0.3, -0.25) is 0 Å². The van der Waals surface area contributed by atoms with Gasteiger partial charge in [0.15, 0.2) is 11.5 Å². The highest BCUT2D eigenvalue weighted by atomic mass is 16.6. The van der Waals surface area contributed by atoms with Crippen LogP contribution in [0.1, 0.15) is 33.3 Å². The fraction of sp³-hybridized carbons (Fsp3) is 0.625. The summed E-state index contributed by atoms with van der Waals surface area (Å²) in [4.78, 5) is 0. The van der Waals surface area contributed by atoms with Gasteiger partial charge in [0.05, 0.1) is 0 Å². The number of rotatable bonds is 5. The minimum Gasteiger partial charge on any atom is -0.486 e. The molecule has 19 heavy (non-hydrogen) atoms. The minimum atomic E-state index is 0.313. The topological polar surface area (TPSA) is 30.5 Å². The lowest BCUT2D eigenvalue weighted by atomic mass is 9.81. The number of hydrogen-bond acceptors (Lipinski definition) is 3. The highest BCUT2D eigenvalue weighted by Gasteiger charge is 2.21. The first-order chi connectivity index (χ1) is 8.99. The Morgan fingerprint density at radius 3 is 2.53 bits per heavy atom. The van der Waals surface area contributed by atoms with Crippen LogP contribution in [0.25, 0.3) is 0 Å². The molecule has 0 fully saturated rings. The van der Waals surface area contributed by atoms with Crippen LogP contribution in [0.5, 0.6) is 11.5 Å². The number of nitrogens with one attached hydrogen (secondary N) is 1. The van der Waals surface area contributed by atoms with E-state index in [0.29, 0.717) is 24.5 Å². The van der Waals surface area contributed by atoms with Crippen molar-refractivity contribution in [3.63, 3.8) is 0 Å². The molecular formula is C16H25NO2. The second-order valence-corrected chi connectivity index (χ2v) is 6.22. The van der Waals surface area contributed by atoms with Crippen LogP contribution in [0.3, 0.4) is 0 Å². The van der Waals surface area contributed by atoms with Crippen molar-refractivity contribution in [3.8, 4) is 11.5 Å². The number of benzene rings is 1. The van der Waals surface area contributed by atoms with Gasteiger partial charge in [-0.2, -0.15) is 0 Å². The van der Waals surface area contributed by atoms with Crippen LogP contribution in [-0.4, -0.2) is 19.8 Å². The van der Waals surface area contributed by atoms with E-state index < -0.39 is 0 Å². The molecule has 0 saturated heterocycles. The average molecular weight is 263 g/mol. The van der Waals surface area contributed by atoms with E-state index in [1.54, 1.807) is 0 Å². The maximum atomic E-state index is 5.60. The first-order valence-electron chi connectivity index (χ1n) is 7.08. The van der Waals surface area contributed by atoms with Crippen LogP contribution >= 0.6 is 0 Å². The highest BCUT2D eigenvalue weighted by molar-refractivity contribution is 5.43. The highest BCUT2D eigenvalue weighted by Crippen LogP contribution is 2.31. The Kier molecular flexibility index (Phi) is 4.35. The molecule has 1 aliphatic heterocycles. The fourth-order valence-corrected chi connectivity index (χ4v) is 1.93. The molecule has 1 aliphatic rings. The molecule has 1 aromatic carbocycles. The molecule has 2 rings (SSSR count). The summed E-state index contributed by atoms with van der Waals surface area (Å²) >= 11 is 0. The van der Waals surface area contributed by atoms with Gasteiger partial charge in [-0.1, -0.05) is 33.8 Å². The second kappa shape index (κ2) is 5.83. The Morgan fingerprint density at radius 1 is 1.16 bits per heavy atom. The molecule has 0 saturated carbocycles. The van der Waals surface area contributed by atoms with Gasteiger partial charge in [-0.15, -0.1) is 0 Å². The molecule has 1 heterocycles. The molecule has 1 N–H and O–H groups in total. The second-order valence-electron chi connectivity index (χ2n) is 6.22. The molecule has 0 bridgehead atoms. The third-order valence-electron chi connectivity index (χ3n) is 4.08. The Balaban J connectivity index is 1.90. The largest absolute Gasteiger partial charge is 0.486 e. The standard InChI is InChI=1S/C16H25NO2/c1-12(2)16(3,4)11-17-10-13-5-6-14-15(9-13)19-8-7-18-14/h5-6,9,12,17H,7-8,10-11H2,1-4H3. The summed E-state index contributed by atoms with van der Waals surface area (Å²) in [6, 6.07) is 6.17. The maximum Gasteiger partial charge on any atom is 0.161 e. The molecule has 0 atom stereocenters. The SMILES string of the molecule is CC(C)C(C)(C)CNCc1ccc2c(c1)OCCO2. The molecule has 3 nitrogen and oxygen atoms in total. The van der Waals surface area contributed by atoms with Crippen molar-refractivity contribution >= 4 is 0 Å². The Hall–Kier alpha value is -1.22. The fourth-order valence-electron chi connectivity index (χ4n) is 1.93. The number of hydrogen-bond donors (Lipinski definition) is 1. The molecule has 0 amide bonds. The van der Waals surface area contributed by atoms with Gasteiger partial charge >= 0.3 is 0 Å². The van der Waals surface area contributed by atoms with Gasteiger partial charge in [0.2, 0.25) is 0 Å². The van der Waals surface area contributed by atoms with E-state index in [0.717, 1.165) is 24.6 Å². The van der Waals surface area contributed by atoms with E-state index >= 15 is 0 Å². The van der Waals surface area contributed by atoms with Crippen molar-refractivity contribution in [2.24, 2.45) is 11.3 Å². The van der Waals surface area contributed by atoms with Crippen LogP contribution in [0.2, 0.25) is 0 Å². The van der Waals surface area contributed by atoms with Crippen LogP contribution < -0.4 is 14.8 Å². The predicted molar refractivity (Wildman–Crippen MR) is 77.8 cm³/mol. The first-order valence-corrected chi connectivity index (χ1v) is 7.08. The van der Waals surface area contributed by atoms with Crippen molar-refractivity contribution in [1.29, 1.82) is 0 Å². The van der Waals surface area contributed by atoms with E-state index in [-0.39, 0.29) is 0 Å². The molecule has 106 valence electrons. The zero-order valence-corrected chi connectivity index (χ0v) is 12.5. The van der Waals surface area contributed by atoms with E-state index in [1.807, 2.05) is 6.07 Å². The Morgan fingerprint density at radius 2 is 1.84 bits per heavy atom. The quantitative estimate of drug-likeness (QED) is 0.884. The third kappa shape index (κ3) is 3.63. The lowest BCUT2D eigenvalue weighted by molar-refractivity contribution is 0.171. The van der Waals surface area contributed by atoms with E-state index in [4.69, 9.17) is 9.47 Å². The molecule has 3 heteroatoms. The zero-order chi connectivity index (χ0) is 13.9. The van der Waals surface area contributed by atoms with E-state index in [9.17, 15) is 0 Å². The Labute approximate surface area is 116 Å². The lowest BCUT2D eigenvalue weighted by Crippen LogP contribution is -2.33. The smallest absolute Gasteiger partial charge is 0.161 e. The molecular weight excluding hydrogens is 238 g/mol. The van der Waals surface area contributed by atoms with Crippen LogP contribution in [0.4, 0.5) is 0 Å². The van der Waals surface area contributed by atoms with Crippen molar-refractivity contribution in [2.45, 2.75) is 34.2 Å². The first kappa shape index (κ1) is 14.2. The van der Waals surface area contributed by atoms with Crippen molar-refractivity contribution in [2.75, 3.05) is 19.8 Å². The predicted octanol–water partition coefficient (Wildman–Crippen LogP) is 3.23. The zero-order valence-electron chi connectivity index (χ0n) is 12.5. The van der Waals surface area contributed by atoms with Gasteiger partial charge in [-0.05, 0) is 29.0 Å². The lowest BCUT2D eigenvalue weighted by Gasteiger charge is -2.29. The number of ether oxygens (including phenoxy) is 2. The molecule has 0 unspecified atom stereocenters. The third-order valence-corrected chi connectivity index (χ3v) is 4.08. The van der Waals surface area contributed by atoms with Crippen molar-refractivity contribution < 1.29 is 9.47 Å². The summed E-state index contributed by atoms with van der Waals surface area (Å²) in [5.74, 6) is 2.39. The minimum absolute atomic E-state index is 0.313. The maximum absolute atomic E-state index is 5.60. The van der Waals surface area contributed by atoms with Crippen LogP contribution in [0.15, 0.2) is 18.2 Å². The average Bonchev–Trinajstić information content (AvgIpc) is 2.38. The van der Waals surface area contributed by atoms with Gasteiger partial charge in [0.25, 0.3) is 0 Å². The molecule has 0 aliphatic carbocycles. The Bertz CT molecular complexity index is 427. The van der Waals surface area contributed by atoms with E-state index in [1.165, 1.54) is 5.56 Å². The summed E-state index contributed by atoms with van der Waals surface area (Å²) in [5.41, 5.74) is 1.55. The van der Waals surface area contributed by atoms with E-state index in [2.05, 4.69) is 45.1 Å². The van der Waals surface area contributed by atoms with Crippen LogP contribution in [0, 0.1) is 11.3 Å². The molecule has 0 spiro atoms. The molecule has 0 aromatic heterocycles. The van der Waals surface area contributed by atoms with Gasteiger partial charge in [0, 0.05) is 13.1 Å². The number of fused-ring (bicyclic) bond motifs is 1. The van der Waals surface area contributed by atoms with Crippen LogP contribution in [-0.2, 0) is 6.54 Å². The van der Waals surface area contributed by atoms with Crippen molar-refractivity contribution in [1.82, 2.24) is 5.32 Å². The molecule has 1 aromatic rings. The summed E-state index contributed by atoms with van der Waals surface area (Å²) in [5, 5.41) is 3.53. The van der Waals surface area contributed by atoms with Crippen molar-refractivity contribution in [3.05, 3.63) is 23.8 Å². The molecule has 0 radical (unpaired) electrons. The summed E-state index contributed by atoms with van der Waals surface area (Å²) in [7, 11) is 0. The van der Waals surface area contributed by atoms with Gasteiger partial charge < -0.3 is 14.8 Å². The summed E-state index contributed by atoms with van der Waals surface area (Å²) < 4.78 is 11.1. The van der Waals surface area contributed by atoms with Gasteiger partial charge in [0.1, 0.15) is 13.2 Å². The monoisotopic (exact) mass is 263 g/mol. The summed E-state index contributed by atoms with van der Waals surface area (Å²) in [6.07, 6.45) is 0. The van der Waals surface area contributed by atoms with Gasteiger partial charge in [-0.25, -0.2) is 0 Å². The summed E-state index contributed by atoms with van der Waals surface area (Å²) in [6.45, 7) is 12.3. The normalized spacial score (nSPS) is 14.8.